The fourth-order valence-electron chi connectivity index (χ4n) is 6.09. The molecule has 5 nitrogen and oxygen atoms in total. The van der Waals surface area contributed by atoms with Crippen molar-refractivity contribution in [2.24, 2.45) is 5.92 Å². The van der Waals surface area contributed by atoms with Gasteiger partial charge in [0.15, 0.2) is 5.60 Å². The van der Waals surface area contributed by atoms with Crippen LogP contribution < -0.4 is 4.74 Å². The lowest BCUT2D eigenvalue weighted by atomic mass is 9.78. The maximum Gasteiger partial charge on any atom is 0.259 e. The maximum atomic E-state index is 13.8. The molecule has 35 heavy (non-hydrogen) atoms. The molecule has 0 radical (unpaired) electrons. The van der Waals surface area contributed by atoms with Gasteiger partial charge in [0, 0.05) is 31.8 Å². The molecule has 2 aliphatic rings. The largest absolute Gasteiger partial charge is 0.494 e. The Morgan fingerprint density at radius 3 is 2.17 bits per heavy atom. The molecule has 0 bridgehead atoms. The van der Waals surface area contributed by atoms with Crippen LogP contribution in [0.2, 0.25) is 0 Å². The summed E-state index contributed by atoms with van der Waals surface area (Å²) in [6, 6.07) is 20.2. The van der Waals surface area contributed by atoms with Crippen LogP contribution in [0.3, 0.4) is 0 Å². The number of ether oxygens (including phenoxy) is 1. The molecule has 1 atom stereocenters. The van der Waals surface area contributed by atoms with E-state index in [0.29, 0.717) is 6.04 Å². The monoisotopic (exact) mass is 479 g/mol. The van der Waals surface area contributed by atoms with Crippen molar-refractivity contribution >= 4 is 5.91 Å². The number of hydrogen-bond acceptors (Lipinski definition) is 3. The van der Waals surface area contributed by atoms with Gasteiger partial charge in [-0.2, -0.15) is 0 Å². The highest BCUT2D eigenvalue weighted by Gasteiger charge is 2.49. The fraction of sp³-hybridized carbons (Fsp3) is 0.567. The molecule has 1 saturated carbocycles. The first-order valence-electron chi connectivity index (χ1n) is 13.5. The molecule has 5 heteroatoms. The number of para-hydroxylation sites is 1. The molecule has 2 fully saturated rings. The van der Waals surface area contributed by atoms with E-state index < -0.39 is 5.60 Å². The lowest BCUT2D eigenvalue weighted by Gasteiger charge is -2.45. The van der Waals surface area contributed by atoms with E-state index in [1.165, 1.54) is 0 Å². The number of piperidine rings is 1. The van der Waals surface area contributed by atoms with E-state index in [9.17, 15) is 9.90 Å². The van der Waals surface area contributed by atoms with Gasteiger partial charge in [0.05, 0.1) is 33.3 Å². The number of likely N-dealkylation sites (tertiary alicyclic amines) is 1. The van der Waals surface area contributed by atoms with Crippen molar-refractivity contribution in [3.05, 3.63) is 66.2 Å². The first kappa shape index (κ1) is 25.7. The van der Waals surface area contributed by atoms with E-state index in [4.69, 9.17) is 4.74 Å². The Labute approximate surface area is 211 Å². The number of unbranched alkanes of at least 4 members (excludes halogenated alkanes) is 1. The van der Waals surface area contributed by atoms with Gasteiger partial charge in [-0.05, 0) is 43.4 Å². The van der Waals surface area contributed by atoms with Crippen LogP contribution in [0.4, 0.5) is 0 Å². The predicted octanol–water partition coefficient (Wildman–Crippen LogP) is 4.99. The second kappa shape index (κ2) is 11.6. The molecule has 1 N–H and O–H groups in total. The minimum Gasteiger partial charge on any atom is -0.494 e. The molecule has 1 saturated heterocycles. The zero-order valence-electron chi connectivity index (χ0n) is 21.6. The summed E-state index contributed by atoms with van der Waals surface area (Å²) >= 11 is 0. The van der Waals surface area contributed by atoms with Gasteiger partial charge in [0.1, 0.15) is 5.75 Å². The van der Waals surface area contributed by atoms with Crippen LogP contribution in [-0.2, 0) is 10.4 Å². The standard InChI is InChI=1S/C30H43N2O3/c1-32(2,23-11-12-24-35-28-17-7-4-8-18-28)27-19-21-31(22-20-27)29(33)30(34,26-15-9-10-16-26)25-13-5-3-6-14-25/h3-8,13-14,17-18,26-27,34H,9-12,15-16,19-24H2,1-2H3/q+1. The topological polar surface area (TPSA) is 49.8 Å². The summed E-state index contributed by atoms with van der Waals surface area (Å²) in [6.07, 6.45) is 8.16. The van der Waals surface area contributed by atoms with Crippen molar-refractivity contribution in [1.82, 2.24) is 4.90 Å². The highest BCUT2D eigenvalue weighted by Crippen LogP contribution is 2.42. The number of rotatable bonds is 10. The number of amides is 1. The van der Waals surface area contributed by atoms with Crippen molar-refractivity contribution in [3.63, 3.8) is 0 Å². The number of carbonyl (C=O) groups excluding carboxylic acids is 1. The second-order valence-corrected chi connectivity index (χ2v) is 11.0. The van der Waals surface area contributed by atoms with Crippen LogP contribution in [-0.4, -0.2) is 66.8 Å². The Bertz CT molecular complexity index is 919. The maximum absolute atomic E-state index is 13.8. The third kappa shape index (κ3) is 6.07. The zero-order valence-corrected chi connectivity index (χ0v) is 21.6. The van der Waals surface area contributed by atoms with Crippen molar-refractivity contribution in [2.45, 2.75) is 63.0 Å². The van der Waals surface area contributed by atoms with Crippen LogP contribution in [0, 0.1) is 5.92 Å². The van der Waals surface area contributed by atoms with Gasteiger partial charge in [-0.3, -0.25) is 4.79 Å². The fourth-order valence-corrected chi connectivity index (χ4v) is 6.09. The average Bonchev–Trinajstić information content (AvgIpc) is 3.44. The Morgan fingerprint density at radius 2 is 1.54 bits per heavy atom. The van der Waals surface area contributed by atoms with Gasteiger partial charge < -0.3 is 19.2 Å². The molecular weight excluding hydrogens is 436 g/mol. The summed E-state index contributed by atoms with van der Waals surface area (Å²) in [7, 11) is 4.64. The number of quaternary nitrogens is 1. The average molecular weight is 480 g/mol. The summed E-state index contributed by atoms with van der Waals surface area (Å²) in [4.78, 5) is 15.7. The Hall–Kier alpha value is -2.37. The zero-order chi connectivity index (χ0) is 24.7. The molecule has 1 amide bonds. The molecule has 1 aliphatic carbocycles. The lowest BCUT2D eigenvalue weighted by molar-refractivity contribution is -0.916. The van der Waals surface area contributed by atoms with E-state index in [2.05, 4.69) is 14.1 Å². The van der Waals surface area contributed by atoms with Crippen molar-refractivity contribution in [2.75, 3.05) is 40.3 Å². The number of nitrogens with zero attached hydrogens (tertiary/aromatic N) is 2. The van der Waals surface area contributed by atoms with Gasteiger partial charge in [-0.1, -0.05) is 61.4 Å². The van der Waals surface area contributed by atoms with E-state index in [1.807, 2.05) is 65.6 Å². The van der Waals surface area contributed by atoms with E-state index in [-0.39, 0.29) is 11.8 Å². The first-order chi connectivity index (χ1) is 16.9. The van der Waals surface area contributed by atoms with Gasteiger partial charge in [-0.25, -0.2) is 0 Å². The molecule has 1 aliphatic heterocycles. The number of benzene rings is 2. The van der Waals surface area contributed by atoms with Gasteiger partial charge in [0.25, 0.3) is 5.91 Å². The Kier molecular flexibility index (Phi) is 8.51. The molecule has 0 spiro atoms. The molecular formula is C30H43N2O3+. The van der Waals surface area contributed by atoms with Crippen LogP contribution in [0.15, 0.2) is 60.7 Å². The molecule has 190 valence electrons. The van der Waals surface area contributed by atoms with Crippen LogP contribution >= 0.6 is 0 Å². The molecule has 1 unspecified atom stereocenters. The van der Waals surface area contributed by atoms with Gasteiger partial charge >= 0.3 is 0 Å². The summed E-state index contributed by atoms with van der Waals surface area (Å²) in [5.74, 6) is 0.865. The first-order valence-corrected chi connectivity index (χ1v) is 13.5. The van der Waals surface area contributed by atoms with Gasteiger partial charge in [-0.15, -0.1) is 0 Å². The van der Waals surface area contributed by atoms with Crippen molar-refractivity contribution < 1.29 is 19.1 Å². The summed E-state index contributed by atoms with van der Waals surface area (Å²) in [5.41, 5.74) is -0.638. The highest BCUT2D eigenvalue weighted by molar-refractivity contribution is 5.87. The summed E-state index contributed by atoms with van der Waals surface area (Å²) in [6.45, 7) is 3.30. The highest BCUT2D eigenvalue weighted by atomic mass is 16.5. The lowest BCUT2D eigenvalue weighted by Crippen LogP contribution is -2.58. The van der Waals surface area contributed by atoms with Crippen LogP contribution in [0.5, 0.6) is 5.75 Å². The Morgan fingerprint density at radius 1 is 0.943 bits per heavy atom. The van der Waals surface area contributed by atoms with Crippen molar-refractivity contribution in [1.29, 1.82) is 0 Å². The van der Waals surface area contributed by atoms with E-state index in [0.717, 1.165) is 93.4 Å². The van der Waals surface area contributed by atoms with E-state index >= 15 is 0 Å². The number of aliphatic hydroxyl groups is 1. The molecule has 2 aromatic carbocycles. The number of hydrogen-bond donors (Lipinski definition) is 1. The third-order valence-corrected chi connectivity index (χ3v) is 8.37. The predicted molar refractivity (Wildman–Crippen MR) is 140 cm³/mol. The minimum atomic E-state index is -1.40. The van der Waals surface area contributed by atoms with Crippen molar-refractivity contribution in [3.8, 4) is 5.75 Å². The van der Waals surface area contributed by atoms with Crippen LogP contribution in [0.1, 0.15) is 56.9 Å². The summed E-state index contributed by atoms with van der Waals surface area (Å²) < 4.78 is 6.81. The molecule has 2 aromatic rings. The number of carbonyl (C=O) groups is 1. The molecule has 0 aromatic heterocycles. The Balaban J connectivity index is 1.29. The van der Waals surface area contributed by atoms with Gasteiger partial charge in [0.2, 0.25) is 0 Å². The smallest absolute Gasteiger partial charge is 0.259 e. The second-order valence-electron chi connectivity index (χ2n) is 11.0. The van der Waals surface area contributed by atoms with Crippen LogP contribution in [0.25, 0.3) is 0 Å². The molecule has 4 rings (SSSR count). The SMILES string of the molecule is C[N+](C)(CCCCOc1ccccc1)C1CCN(C(=O)C(O)(c2ccccc2)C2CCCC2)CC1. The molecule has 1 heterocycles. The summed E-state index contributed by atoms with van der Waals surface area (Å²) in [5, 5.41) is 11.9. The quantitative estimate of drug-likeness (QED) is 0.386. The third-order valence-electron chi connectivity index (χ3n) is 8.37. The normalized spacial score (nSPS) is 19.5. The minimum absolute atomic E-state index is 0.0143. The van der Waals surface area contributed by atoms with E-state index in [1.54, 1.807) is 0 Å².